The van der Waals surface area contributed by atoms with Crippen LogP contribution in [0.4, 0.5) is 0 Å². The van der Waals surface area contributed by atoms with Crippen LogP contribution < -0.4 is 10.1 Å². The Hall–Kier alpha value is -2.47. The molecule has 0 unspecified atom stereocenters. The number of nitrogens with zero attached hydrogens (tertiary/aromatic N) is 1. The molecule has 5 nitrogen and oxygen atoms in total. The Labute approximate surface area is 165 Å². The highest BCUT2D eigenvalue weighted by atomic mass is 32.2. The van der Waals surface area contributed by atoms with E-state index in [-0.39, 0.29) is 11.8 Å². The molecule has 0 fully saturated rings. The molecule has 2 rings (SSSR count). The van der Waals surface area contributed by atoms with E-state index in [2.05, 4.69) is 5.32 Å². The van der Waals surface area contributed by atoms with Crippen LogP contribution >= 0.6 is 11.8 Å². The molecule has 0 saturated carbocycles. The zero-order valence-corrected chi connectivity index (χ0v) is 16.8. The van der Waals surface area contributed by atoms with Gasteiger partial charge in [-0.1, -0.05) is 18.2 Å². The van der Waals surface area contributed by atoms with Gasteiger partial charge in [0.15, 0.2) is 0 Å². The number of thioether (sulfide) groups is 1. The number of benzene rings is 2. The summed E-state index contributed by atoms with van der Waals surface area (Å²) in [6, 6.07) is 15.2. The van der Waals surface area contributed by atoms with Crippen LogP contribution in [0.5, 0.6) is 5.75 Å². The van der Waals surface area contributed by atoms with Gasteiger partial charge < -0.3 is 15.0 Å². The zero-order valence-electron chi connectivity index (χ0n) is 16.0. The number of hydrogen-bond acceptors (Lipinski definition) is 4. The average Bonchev–Trinajstić information content (AvgIpc) is 2.71. The van der Waals surface area contributed by atoms with Gasteiger partial charge >= 0.3 is 0 Å². The van der Waals surface area contributed by atoms with Gasteiger partial charge in [0.05, 0.1) is 7.11 Å². The fraction of sp³-hybridized carbons (Fsp3) is 0.333. The second-order valence-electron chi connectivity index (χ2n) is 6.12. The number of nitrogens with one attached hydrogen (secondary N) is 1. The summed E-state index contributed by atoms with van der Waals surface area (Å²) in [5.41, 5.74) is 1.65. The lowest BCUT2D eigenvalue weighted by molar-refractivity contribution is -0.130. The number of ether oxygens (including phenoxy) is 1. The van der Waals surface area contributed by atoms with Gasteiger partial charge in [0.1, 0.15) is 5.75 Å². The molecular formula is C21H26N2O3S. The summed E-state index contributed by atoms with van der Waals surface area (Å²) >= 11 is 1.69. The molecular weight excluding hydrogens is 360 g/mol. The highest BCUT2D eigenvalue weighted by molar-refractivity contribution is 7.99. The number of carbonyl (C=O) groups is 2. The number of hydrogen-bond donors (Lipinski definition) is 1. The molecule has 0 aliphatic carbocycles. The lowest BCUT2D eigenvalue weighted by Gasteiger charge is -2.18. The van der Waals surface area contributed by atoms with Gasteiger partial charge in [-0.25, -0.2) is 0 Å². The van der Waals surface area contributed by atoms with Crippen LogP contribution in [0.25, 0.3) is 0 Å². The molecule has 2 aromatic rings. The van der Waals surface area contributed by atoms with Gasteiger partial charge in [-0.05, 0) is 42.5 Å². The minimum atomic E-state index is -0.0877. The molecule has 144 valence electrons. The van der Waals surface area contributed by atoms with Crippen LogP contribution in [-0.4, -0.2) is 43.7 Å². The van der Waals surface area contributed by atoms with E-state index in [0.29, 0.717) is 18.5 Å². The lowest BCUT2D eigenvalue weighted by Crippen LogP contribution is -2.26. The first kappa shape index (κ1) is 20.8. The van der Waals surface area contributed by atoms with Crippen molar-refractivity contribution in [3.8, 4) is 5.75 Å². The van der Waals surface area contributed by atoms with Crippen LogP contribution in [0.1, 0.15) is 28.8 Å². The number of methoxy groups -OCH3 is 1. The summed E-state index contributed by atoms with van der Waals surface area (Å²) in [5.74, 6) is 1.69. The van der Waals surface area contributed by atoms with E-state index >= 15 is 0 Å². The molecule has 1 N–H and O–H groups in total. The van der Waals surface area contributed by atoms with Crippen molar-refractivity contribution in [2.75, 3.05) is 27.0 Å². The van der Waals surface area contributed by atoms with Crippen molar-refractivity contribution in [3.05, 3.63) is 59.7 Å². The van der Waals surface area contributed by atoms with Crippen LogP contribution in [0.2, 0.25) is 0 Å². The molecule has 0 bridgehead atoms. The predicted octanol–water partition coefficient (Wildman–Crippen LogP) is 3.59. The number of amides is 2. The van der Waals surface area contributed by atoms with Gasteiger partial charge in [-0.2, -0.15) is 0 Å². The molecule has 0 aromatic heterocycles. The van der Waals surface area contributed by atoms with Crippen molar-refractivity contribution >= 4 is 23.6 Å². The van der Waals surface area contributed by atoms with E-state index < -0.39 is 0 Å². The first-order valence-electron chi connectivity index (χ1n) is 8.86. The van der Waals surface area contributed by atoms with Crippen molar-refractivity contribution < 1.29 is 14.3 Å². The van der Waals surface area contributed by atoms with Gasteiger partial charge in [0, 0.05) is 43.1 Å². The Morgan fingerprint density at radius 1 is 1.11 bits per heavy atom. The zero-order chi connectivity index (χ0) is 19.6. The van der Waals surface area contributed by atoms with Gasteiger partial charge in [0.25, 0.3) is 5.91 Å². The third-order valence-corrected chi connectivity index (χ3v) is 5.27. The van der Waals surface area contributed by atoms with Gasteiger partial charge in [-0.3, -0.25) is 9.59 Å². The average molecular weight is 387 g/mol. The SMILES string of the molecule is CNC(=O)c1ccc(SCCCC(=O)N(C)Cc2ccccc2OC)cc1. The van der Waals surface area contributed by atoms with E-state index in [0.717, 1.165) is 28.4 Å². The minimum Gasteiger partial charge on any atom is -0.496 e. The summed E-state index contributed by atoms with van der Waals surface area (Å²) in [4.78, 5) is 26.7. The van der Waals surface area contributed by atoms with Crippen molar-refractivity contribution in [3.63, 3.8) is 0 Å². The molecule has 27 heavy (non-hydrogen) atoms. The van der Waals surface area contributed by atoms with Gasteiger partial charge in [-0.15, -0.1) is 11.8 Å². The lowest BCUT2D eigenvalue weighted by atomic mass is 10.2. The van der Waals surface area contributed by atoms with E-state index in [4.69, 9.17) is 4.74 Å². The Kier molecular flexibility index (Phi) is 8.20. The fourth-order valence-electron chi connectivity index (χ4n) is 2.63. The Morgan fingerprint density at radius 3 is 2.48 bits per heavy atom. The summed E-state index contributed by atoms with van der Waals surface area (Å²) in [5, 5.41) is 2.60. The van der Waals surface area contributed by atoms with Gasteiger partial charge in [0.2, 0.25) is 5.91 Å². The standard InChI is InChI=1S/C21H26N2O3S/c1-22-21(25)16-10-12-18(13-11-16)27-14-6-9-20(24)23(2)15-17-7-4-5-8-19(17)26-3/h4-5,7-8,10-13H,6,9,14-15H2,1-3H3,(H,22,25). The Bertz CT molecular complexity index is 762. The molecule has 0 atom stereocenters. The van der Waals surface area contributed by atoms with E-state index in [1.165, 1.54) is 0 Å². The second kappa shape index (κ2) is 10.6. The van der Waals surface area contributed by atoms with Crippen LogP contribution in [-0.2, 0) is 11.3 Å². The predicted molar refractivity (Wildman–Crippen MR) is 109 cm³/mol. The van der Waals surface area contributed by atoms with Crippen LogP contribution in [0.3, 0.4) is 0 Å². The minimum absolute atomic E-state index is 0.0877. The van der Waals surface area contributed by atoms with Crippen molar-refractivity contribution in [1.82, 2.24) is 10.2 Å². The quantitative estimate of drug-likeness (QED) is 0.529. The molecule has 0 saturated heterocycles. The molecule has 0 aliphatic rings. The first-order valence-corrected chi connectivity index (χ1v) is 9.84. The van der Waals surface area contributed by atoms with Crippen molar-refractivity contribution in [2.24, 2.45) is 0 Å². The fourth-order valence-corrected chi connectivity index (χ4v) is 3.48. The van der Waals surface area contributed by atoms with Crippen molar-refractivity contribution in [2.45, 2.75) is 24.3 Å². The molecule has 2 aromatic carbocycles. The summed E-state index contributed by atoms with van der Waals surface area (Å²) < 4.78 is 5.34. The molecule has 0 heterocycles. The maximum Gasteiger partial charge on any atom is 0.251 e. The second-order valence-corrected chi connectivity index (χ2v) is 7.29. The topological polar surface area (TPSA) is 58.6 Å². The molecule has 6 heteroatoms. The summed E-state index contributed by atoms with van der Waals surface area (Å²) in [7, 11) is 5.07. The monoisotopic (exact) mass is 386 g/mol. The highest BCUT2D eigenvalue weighted by Gasteiger charge is 2.11. The highest BCUT2D eigenvalue weighted by Crippen LogP contribution is 2.21. The van der Waals surface area contributed by atoms with Crippen LogP contribution in [0.15, 0.2) is 53.4 Å². The Balaban J connectivity index is 1.74. The normalized spacial score (nSPS) is 10.3. The van der Waals surface area contributed by atoms with E-state index in [9.17, 15) is 9.59 Å². The largest absolute Gasteiger partial charge is 0.496 e. The number of carbonyl (C=O) groups excluding carboxylic acids is 2. The third kappa shape index (κ3) is 6.32. The maximum atomic E-state index is 12.3. The molecule has 2 amide bonds. The molecule has 0 aliphatic heterocycles. The third-order valence-electron chi connectivity index (χ3n) is 4.17. The number of para-hydroxylation sites is 1. The first-order chi connectivity index (χ1) is 13.0. The maximum absolute atomic E-state index is 12.3. The molecule has 0 spiro atoms. The summed E-state index contributed by atoms with van der Waals surface area (Å²) in [6.45, 7) is 0.539. The van der Waals surface area contributed by atoms with E-state index in [1.54, 1.807) is 30.8 Å². The number of rotatable bonds is 9. The van der Waals surface area contributed by atoms with Crippen LogP contribution in [0, 0.1) is 0 Å². The smallest absolute Gasteiger partial charge is 0.251 e. The van der Waals surface area contributed by atoms with E-state index in [1.807, 2.05) is 55.6 Å². The molecule has 0 radical (unpaired) electrons. The Morgan fingerprint density at radius 2 is 1.81 bits per heavy atom. The van der Waals surface area contributed by atoms with Crippen molar-refractivity contribution in [1.29, 1.82) is 0 Å². The summed E-state index contributed by atoms with van der Waals surface area (Å²) in [6.07, 6.45) is 1.31.